The Morgan fingerprint density at radius 1 is 1.19 bits per heavy atom. The molecule has 10 heteroatoms. The van der Waals surface area contributed by atoms with Gasteiger partial charge in [0.15, 0.2) is 0 Å². The Kier molecular flexibility index (Phi) is 7.18. The molecule has 1 aliphatic rings. The molecule has 4 rings (SSSR count). The van der Waals surface area contributed by atoms with Crippen molar-refractivity contribution in [2.45, 2.75) is 36.1 Å². The molecule has 2 aromatic heterocycles. The van der Waals surface area contributed by atoms with E-state index in [1.54, 1.807) is 55.4 Å². The first-order valence-electron chi connectivity index (χ1n) is 10.5. The van der Waals surface area contributed by atoms with E-state index in [9.17, 15) is 8.42 Å². The van der Waals surface area contributed by atoms with Gasteiger partial charge in [0.25, 0.3) is 0 Å². The maximum Gasteiger partial charge on any atom is 0.242 e. The third-order valence-electron chi connectivity index (χ3n) is 5.56. The Balaban J connectivity index is 1.62. The van der Waals surface area contributed by atoms with Crippen LogP contribution in [0.25, 0.3) is 10.2 Å². The SMILES string of the molecule is Cc1sc2nc(CN3CCOCC3)nc(SCc3cccc(S(=O)(=O)N(C)C)c3)c2c1C. The van der Waals surface area contributed by atoms with Crippen molar-refractivity contribution in [1.82, 2.24) is 19.2 Å². The molecular weight excluding hydrogens is 464 g/mol. The quantitative estimate of drug-likeness (QED) is 0.368. The summed E-state index contributed by atoms with van der Waals surface area (Å²) in [5, 5.41) is 2.07. The van der Waals surface area contributed by atoms with Crippen LogP contribution in [0.4, 0.5) is 0 Å². The van der Waals surface area contributed by atoms with E-state index in [1.165, 1.54) is 14.7 Å². The molecule has 172 valence electrons. The lowest BCUT2D eigenvalue weighted by Crippen LogP contribution is -2.36. The van der Waals surface area contributed by atoms with Crippen LogP contribution in [0.5, 0.6) is 0 Å². The van der Waals surface area contributed by atoms with E-state index in [0.29, 0.717) is 17.2 Å². The summed E-state index contributed by atoms with van der Waals surface area (Å²) in [5.74, 6) is 1.46. The summed E-state index contributed by atoms with van der Waals surface area (Å²) >= 11 is 3.35. The first-order valence-corrected chi connectivity index (χ1v) is 13.7. The standard InChI is InChI=1S/C22H28N4O3S3/c1-15-16(2)31-22-20(15)21(23-19(24-22)13-26-8-10-29-11-9-26)30-14-17-6-5-7-18(12-17)32(27,28)25(3)4/h5-7,12H,8-11,13-14H2,1-4H3. The molecular formula is C22H28N4O3S3. The van der Waals surface area contributed by atoms with E-state index >= 15 is 0 Å². The van der Waals surface area contributed by atoms with Crippen LogP contribution in [0.1, 0.15) is 21.8 Å². The third kappa shape index (κ3) is 5.00. The van der Waals surface area contributed by atoms with Crippen LogP contribution in [-0.4, -0.2) is 68.0 Å². The number of benzene rings is 1. The second-order valence-electron chi connectivity index (χ2n) is 8.02. The summed E-state index contributed by atoms with van der Waals surface area (Å²) in [6.45, 7) is 8.21. The predicted molar refractivity (Wildman–Crippen MR) is 130 cm³/mol. The number of aryl methyl sites for hydroxylation is 2. The van der Waals surface area contributed by atoms with Crippen LogP contribution < -0.4 is 0 Å². The van der Waals surface area contributed by atoms with Gasteiger partial charge in [-0.25, -0.2) is 22.7 Å². The molecule has 1 aliphatic heterocycles. The summed E-state index contributed by atoms with van der Waals surface area (Å²) in [5.41, 5.74) is 2.17. The number of rotatable bonds is 7. The molecule has 0 spiro atoms. The van der Waals surface area contributed by atoms with E-state index in [2.05, 4.69) is 18.7 Å². The Morgan fingerprint density at radius 3 is 2.66 bits per heavy atom. The van der Waals surface area contributed by atoms with Gasteiger partial charge in [-0.3, -0.25) is 4.90 Å². The van der Waals surface area contributed by atoms with Crippen molar-refractivity contribution >= 4 is 43.3 Å². The summed E-state index contributed by atoms with van der Waals surface area (Å²) in [4.78, 5) is 14.7. The average molecular weight is 493 g/mol. The van der Waals surface area contributed by atoms with Gasteiger partial charge in [0.05, 0.1) is 24.7 Å². The molecule has 32 heavy (non-hydrogen) atoms. The average Bonchev–Trinajstić information content (AvgIpc) is 3.06. The number of morpholine rings is 1. The number of ether oxygens (including phenoxy) is 1. The number of fused-ring (bicyclic) bond motifs is 1. The molecule has 3 aromatic rings. The van der Waals surface area contributed by atoms with Crippen LogP contribution in [0.2, 0.25) is 0 Å². The Hall–Kier alpha value is -1.56. The molecule has 3 heterocycles. The van der Waals surface area contributed by atoms with Gasteiger partial charge in [-0.15, -0.1) is 23.1 Å². The molecule has 0 bridgehead atoms. The molecule has 0 unspecified atom stereocenters. The molecule has 0 amide bonds. The van der Waals surface area contributed by atoms with Crippen molar-refractivity contribution in [3.8, 4) is 0 Å². The highest BCUT2D eigenvalue weighted by Crippen LogP contribution is 2.36. The lowest BCUT2D eigenvalue weighted by atomic mass is 10.2. The highest BCUT2D eigenvalue weighted by Gasteiger charge is 2.20. The van der Waals surface area contributed by atoms with Crippen molar-refractivity contribution in [3.63, 3.8) is 0 Å². The van der Waals surface area contributed by atoms with Gasteiger partial charge in [-0.2, -0.15) is 0 Å². The van der Waals surface area contributed by atoms with E-state index < -0.39 is 10.0 Å². The highest BCUT2D eigenvalue weighted by atomic mass is 32.2. The maximum absolute atomic E-state index is 12.5. The second kappa shape index (κ2) is 9.74. The van der Waals surface area contributed by atoms with E-state index in [0.717, 1.165) is 52.9 Å². The zero-order valence-electron chi connectivity index (χ0n) is 18.8. The number of aromatic nitrogens is 2. The van der Waals surface area contributed by atoms with Gasteiger partial charge < -0.3 is 4.74 Å². The molecule has 0 aliphatic carbocycles. The molecule has 0 saturated carbocycles. The minimum absolute atomic E-state index is 0.309. The predicted octanol–water partition coefficient (Wildman–Crippen LogP) is 3.68. The van der Waals surface area contributed by atoms with Crippen LogP contribution in [0.15, 0.2) is 34.2 Å². The van der Waals surface area contributed by atoms with Crippen LogP contribution in [-0.2, 0) is 27.1 Å². The topological polar surface area (TPSA) is 75.6 Å². The van der Waals surface area contributed by atoms with E-state index in [1.807, 2.05) is 6.07 Å². The van der Waals surface area contributed by atoms with E-state index in [-0.39, 0.29) is 0 Å². The van der Waals surface area contributed by atoms with Crippen LogP contribution >= 0.6 is 23.1 Å². The fourth-order valence-electron chi connectivity index (χ4n) is 3.55. The smallest absolute Gasteiger partial charge is 0.242 e. The van der Waals surface area contributed by atoms with Gasteiger partial charge in [0.1, 0.15) is 15.7 Å². The largest absolute Gasteiger partial charge is 0.379 e. The summed E-state index contributed by atoms with van der Waals surface area (Å²) < 4.78 is 31.7. The Bertz CT molecular complexity index is 1220. The summed E-state index contributed by atoms with van der Waals surface area (Å²) in [7, 11) is -0.364. The van der Waals surface area contributed by atoms with Crippen molar-refractivity contribution in [2.24, 2.45) is 0 Å². The minimum Gasteiger partial charge on any atom is -0.379 e. The van der Waals surface area contributed by atoms with Crippen molar-refractivity contribution in [3.05, 3.63) is 46.1 Å². The molecule has 7 nitrogen and oxygen atoms in total. The molecule has 1 fully saturated rings. The number of hydrogen-bond acceptors (Lipinski definition) is 8. The Labute approximate surface area is 197 Å². The molecule has 0 N–H and O–H groups in total. The summed E-state index contributed by atoms with van der Waals surface area (Å²) in [6, 6.07) is 7.15. The zero-order valence-corrected chi connectivity index (χ0v) is 21.2. The maximum atomic E-state index is 12.5. The first kappa shape index (κ1) is 23.6. The molecule has 1 saturated heterocycles. The minimum atomic E-state index is -3.46. The molecule has 0 radical (unpaired) electrons. The number of thiophene rings is 1. The highest BCUT2D eigenvalue weighted by molar-refractivity contribution is 7.98. The second-order valence-corrected chi connectivity index (χ2v) is 12.3. The number of thioether (sulfide) groups is 1. The number of hydrogen-bond donors (Lipinski definition) is 0. The molecule has 1 aromatic carbocycles. The fraction of sp³-hybridized carbons (Fsp3) is 0.455. The van der Waals surface area contributed by atoms with Gasteiger partial charge in [-0.1, -0.05) is 12.1 Å². The van der Waals surface area contributed by atoms with Gasteiger partial charge >= 0.3 is 0 Å². The normalized spacial score (nSPS) is 15.7. The number of sulfonamides is 1. The zero-order chi connectivity index (χ0) is 22.9. The monoisotopic (exact) mass is 492 g/mol. The van der Waals surface area contributed by atoms with Crippen LogP contribution in [0, 0.1) is 13.8 Å². The van der Waals surface area contributed by atoms with Gasteiger partial charge in [0, 0.05) is 43.2 Å². The first-order chi connectivity index (χ1) is 15.3. The van der Waals surface area contributed by atoms with Crippen molar-refractivity contribution < 1.29 is 13.2 Å². The summed E-state index contributed by atoms with van der Waals surface area (Å²) in [6.07, 6.45) is 0. The van der Waals surface area contributed by atoms with Crippen molar-refractivity contribution in [1.29, 1.82) is 0 Å². The van der Waals surface area contributed by atoms with Gasteiger partial charge in [-0.05, 0) is 37.1 Å². The lowest BCUT2D eigenvalue weighted by Gasteiger charge is -2.25. The van der Waals surface area contributed by atoms with Crippen LogP contribution in [0.3, 0.4) is 0 Å². The van der Waals surface area contributed by atoms with E-state index in [4.69, 9.17) is 14.7 Å². The van der Waals surface area contributed by atoms with Gasteiger partial charge in [0.2, 0.25) is 10.0 Å². The lowest BCUT2D eigenvalue weighted by molar-refractivity contribution is 0.0330. The third-order valence-corrected chi connectivity index (χ3v) is 9.52. The number of nitrogens with zero attached hydrogens (tertiary/aromatic N) is 4. The Morgan fingerprint density at radius 2 is 1.94 bits per heavy atom. The molecule has 0 atom stereocenters. The fourth-order valence-corrected chi connectivity index (χ4v) is 6.68. The van der Waals surface area contributed by atoms with Crippen molar-refractivity contribution in [2.75, 3.05) is 40.4 Å².